The summed E-state index contributed by atoms with van der Waals surface area (Å²) in [6, 6.07) is 4.17. The highest BCUT2D eigenvalue weighted by Crippen LogP contribution is 2.13. The van der Waals surface area contributed by atoms with E-state index in [1.807, 2.05) is 0 Å². The molecule has 6 nitrogen and oxygen atoms in total. The number of rotatable bonds is 10. The van der Waals surface area contributed by atoms with Crippen LogP contribution in [0, 0.1) is 6.92 Å². The van der Waals surface area contributed by atoms with Crippen LogP contribution in [0.3, 0.4) is 0 Å². The van der Waals surface area contributed by atoms with Gasteiger partial charge in [-0.2, -0.15) is 0 Å². The molecule has 0 aliphatic rings. The molecule has 1 aromatic carbocycles. The molecule has 1 aromatic rings. The molecule has 0 fully saturated rings. The third-order valence-electron chi connectivity index (χ3n) is 3.61. The van der Waals surface area contributed by atoms with Crippen LogP contribution in [0.25, 0.3) is 0 Å². The second-order valence-corrected chi connectivity index (χ2v) is 5.51. The van der Waals surface area contributed by atoms with Gasteiger partial charge in [0, 0.05) is 13.2 Å². The van der Waals surface area contributed by atoms with E-state index in [9.17, 15) is 9.59 Å². The molecule has 0 spiro atoms. The number of hydrogen-bond acceptors (Lipinski definition) is 4. The standard InChI is InChI=1S/C9H8O4.C9H20O2/c1-5-6(8(10)11)3-2-4-7(5)9(12)13;10-8-6-4-2-1-3-5-7-9-11/h2-4H,1H3,(H,10,11)(H,12,13);10-11H,1-9H2. The van der Waals surface area contributed by atoms with Crippen molar-refractivity contribution in [3.05, 3.63) is 34.9 Å². The lowest BCUT2D eigenvalue weighted by Crippen LogP contribution is -2.06. The maximum Gasteiger partial charge on any atom is 0.335 e. The molecule has 0 bridgehead atoms. The summed E-state index contributed by atoms with van der Waals surface area (Å²) in [5.41, 5.74) is 0.335. The molecule has 24 heavy (non-hydrogen) atoms. The summed E-state index contributed by atoms with van der Waals surface area (Å²) in [5, 5.41) is 34.3. The number of aliphatic hydroxyl groups is 2. The highest BCUT2D eigenvalue weighted by Gasteiger charge is 2.13. The molecule has 0 atom stereocenters. The number of unbranched alkanes of at least 4 members (excludes halogenated alkanes) is 6. The van der Waals surface area contributed by atoms with Crippen molar-refractivity contribution in [3.63, 3.8) is 0 Å². The number of hydrogen-bond donors (Lipinski definition) is 4. The van der Waals surface area contributed by atoms with Gasteiger partial charge in [0.15, 0.2) is 0 Å². The first-order valence-electron chi connectivity index (χ1n) is 8.23. The molecule has 0 radical (unpaired) electrons. The van der Waals surface area contributed by atoms with E-state index in [1.165, 1.54) is 44.4 Å². The van der Waals surface area contributed by atoms with Crippen molar-refractivity contribution < 1.29 is 30.0 Å². The summed E-state index contributed by atoms with van der Waals surface area (Å²) in [5.74, 6) is -2.22. The van der Waals surface area contributed by atoms with Crippen molar-refractivity contribution in [2.24, 2.45) is 0 Å². The monoisotopic (exact) mass is 340 g/mol. The minimum atomic E-state index is -1.11. The van der Waals surface area contributed by atoms with E-state index >= 15 is 0 Å². The Morgan fingerprint density at radius 2 is 1.08 bits per heavy atom. The third kappa shape index (κ3) is 9.27. The molecule has 6 heteroatoms. The van der Waals surface area contributed by atoms with Gasteiger partial charge in [-0.25, -0.2) is 9.59 Å². The zero-order chi connectivity index (χ0) is 18.4. The van der Waals surface area contributed by atoms with Crippen molar-refractivity contribution in [2.75, 3.05) is 13.2 Å². The first kappa shape index (κ1) is 22.1. The fourth-order valence-electron chi connectivity index (χ4n) is 2.21. The van der Waals surface area contributed by atoms with Gasteiger partial charge in [0.2, 0.25) is 0 Å². The average molecular weight is 340 g/mol. The summed E-state index contributed by atoms with van der Waals surface area (Å²) in [6.07, 6.45) is 7.89. The first-order chi connectivity index (χ1) is 11.5. The fraction of sp³-hybridized carbons (Fsp3) is 0.556. The largest absolute Gasteiger partial charge is 0.478 e. The quantitative estimate of drug-likeness (QED) is 0.487. The van der Waals surface area contributed by atoms with Crippen molar-refractivity contribution in [3.8, 4) is 0 Å². The van der Waals surface area contributed by atoms with Crippen LogP contribution < -0.4 is 0 Å². The van der Waals surface area contributed by atoms with E-state index in [-0.39, 0.29) is 16.7 Å². The van der Waals surface area contributed by atoms with Gasteiger partial charge in [-0.05, 0) is 37.5 Å². The highest BCUT2D eigenvalue weighted by molar-refractivity contribution is 5.96. The molecular formula is C18H28O6. The zero-order valence-electron chi connectivity index (χ0n) is 14.2. The van der Waals surface area contributed by atoms with Crippen LogP contribution in [0.4, 0.5) is 0 Å². The van der Waals surface area contributed by atoms with Gasteiger partial charge in [-0.3, -0.25) is 0 Å². The van der Waals surface area contributed by atoms with Crippen LogP contribution in [0.5, 0.6) is 0 Å². The van der Waals surface area contributed by atoms with Crippen LogP contribution in [0.1, 0.15) is 71.2 Å². The van der Waals surface area contributed by atoms with Crippen LogP contribution in [-0.4, -0.2) is 45.6 Å². The van der Waals surface area contributed by atoms with Crippen LogP contribution in [-0.2, 0) is 0 Å². The number of carboxylic acids is 2. The maximum atomic E-state index is 10.6. The average Bonchev–Trinajstić information content (AvgIpc) is 2.54. The number of benzene rings is 1. The third-order valence-corrected chi connectivity index (χ3v) is 3.61. The van der Waals surface area contributed by atoms with Crippen molar-refractivity contribution in [1.29, 1.82) is 0 Å². The molecule has 0 saturated heterocycles. The fourth-order valence-corrected chi connectivity index (χ4v) is 2.21. The highest BCUT2D eigenvalue weighted by atomic mass is 16.4. The second-order valence-electron chi connectivity index (χ2n) is 5.51. The lowest BCUT2D eigenvalue weighted by Gasteiger charge is -2.03. The van der Waals surface area contributed by atoms with E-state index in [1.54, 1.807) is 0 Å². The number of aliphatic hydroxyl groups excluding tert-OH is 2. The molecule has 0 aromatic heterocycles. The minimum absolute atomic E-state index is 0.0277. The van der Waals surface area contributed by atoms with Crippen molar-refractivity contribution >= 4 is 11.9 Å². The zero-order valence-corrected chi connectivity index (χ0v) is 14.2. The molecule has 1 rings (SSSR count). The molecule has 0 amide bonds. The summed E-state index contributed by atoms with van der Waals surface area (Å²) < 4.78 is 0. The van der Waals surface area contributed by atoms with E-state index in [2.05, 4.69) is 0 Å². The van der Waals surface area contributed by atoms with Crippen LogP contribution in [0.2, 0.25) is 0 Å². The summed E-state index contributed by atoms with van der Waals surface area (Å²) in [4.78, 5) is 21.2. The Morgan fingerprint density at radius 3 is 1.38 bits per heavy atom. The molecule has 0 aliphatic carbocycles. The van der Waals surface area contributed by atoms with Gasteiger partial charge in [0.05, 0.1) is 11.1 Å². The maximum absolute atomic E-state index is 10.6. The van der Waals surface area contributed by atoms with E-state index in [0.29, 0.717) is 13.2 Å². The molecule has 0 saturated carbocycles. The van der Waals surface area contributed by atoms with E-state index in [0.717, 1.165) is 25.7 Å². The van der Waals surface area contributed by atoms with Crippen LogP contribution in [0.15, 0.2) is 18.2 Å². The van der Waals surface area contributed by atoms with Gasteiger partial charge < -0.3 is 20.4 Å². The Bertz CT molecular complexity index is 458. The van der Waals surface area contributed by atoms with Crippen LogP contribution >= 0.6 is 0 Å². The summed E-state index contributed by atoms with van der Waals surface area (Å²) in [6.45, 7) is 2.14. The lowest BCUT2D eigenvalue weighted by atomic mass is 10.0. The topological polar surface area (TPSA) is 115 Å². The Morgan fingerprint density at radius 1 is 0.750 bits per heavy atom. The number of carbonyl (C=O) groups is 2. The van der Waals surface area contributed by atoms with Gasteiger partial charge >= 0.3 is 11.9 Å². The predicted molar refractivity (Wildman–Crippen MR) is 91.6 cm³/mol. The molecular weight excluding hydrogens is 312 g/mol. The first-order valence-corrected chi connectivity index (χ1v) is 8.23. The van der Waals surface area contributed by atoms with E-state index < -0.39 is 11.9 Å². The Labute approximate surface area is 142 Å². The predicted octanol–water partition coefficient (Wildman–Crippen LogP) is 3.09. The molecule has 4 N–H and O–H groups in total. The molecule has 0 aliphatic heterocycles. The van der Waals surface area contributed by atoms with Gasteiger partial charge in [-0.15, -0.1) is 0 Å². The normalized spacial score (nSPS) is 9.96. The van der Waals surface area contributed by atoms with Gasteiger partial charge in [-0.1, -0.05) is 38.2 Å². The van der Waals surface area contributed by atoms with Gasteiger partial charge in [0.1, 0.15) is 0 Å². The molecule has 0 heterocycles. The SMILES string of the molecule is Cc1c(C(=O)O)cccc1C(=O)O.OCCCCCCCCCO. The Balaban J connectivity index is 0.000000449. The summed E-state index contributed by atoms with van der Waals surface area (Å²) in [7, 11) is 0. The Kier molecular flexibility index (Phi) is 12.4. The lowest BCUT2D eigenvalue weighted by molar-refractivity contribution is 0.0696. The molecule has 136 valence electrons. The van der Waals surface area contributed by atoms with Gasteiger partial charge in [0.25, 0.3) is 0 Å². The number of aromatic carboxylic acids is 2. The smallest absolute Gasteiger partial charge is 0.335 e. The molecule has 0 unspecified atom stereocenters. The van der Waals surface area contributed by atoms with Crippen molar-refractivity contribution in [2.45, 2.75) is 51.9 Å². The van der Waals surface area contributed by atoms with E-state index in [4.69, 9.17) is 20.4 Å². The van der Waals surface area contributed by atoms with Crippen molar-refractivity contribution in [1.82, 2.24) is 0 Å². The summed E-state index contributed by atoms with van der Waals surface area (Å²) >= 11 is 0. The Hall–Kier alpha value is -1.92. The second kappa shape index (κ2) is 13.5. The minimum Gasteiger partial charge on any atom is -0.478 e. The number of carboxylic acid groups (broad SMARTS) is 2.